The molecule has 1 saturated carbocycles. The molecule has 106 valence electrons. The monoisotopic (exact) mass is 269 g/mol. The first-order valence-corrected chi connectivity index (χ1v) is 7.37. The summed E-state index contributed by atoms with van der Waals surface area (Å²) in [6.45, 7) is 8.76. The smallest absolute Gasteiger partial charge is 0.207 e. The third-order valence-corrected chi connectivity index (χ3v) is 3.75. The Morgan fingerprint density at radius 1 is 1.15 bits per heavy atom. The van der Waals surface area contributed by atoms with Crippen LogP contribution in [-0.2, 0) is 5.41 Å². The van der Waals surface area contributed by atoms with Crippen molar-refractivity contribution in [2.75, 3.05) is 5.32 Å². The first kappa shape index (κ1) is 13.2. The van der Waals surface area contributed by atoms with E-state index in [1.54, 1.807) is 0 Å². The summed E-state index contributed by atoms with van der Waals surface area (Å²) in [5.74, 6) is 0.966. The summed E-state index contributed by atoms with van der Waals surface area (Å²) in [5, 5.41) is 3.50. The van der Waals surface area contributed by atoms with Gasteiger partial charge in [-0.15, -0.1) is 0 Å². The van der Waals surface area contributed by atoms with E-state index in [4.69, 9.17) is 0 Å². The zero-order chi connectivity index (χ0) is 14.3. The molecule has 1 aromatic carbocycles. The third-order valence-electron chi connectivity index (χ3n) is 3.75. The molecular formula is C17H23N3. The second-order valence-electron chi connectivity index (χ2n) is 6.79. The SMILES string of the molecule is Cc1cn(-c2ccc(C(C)(C)C)cc2)c(NC2CC2)n1. The fourth-order valence-corrected chi connectivity index (χ4v) is 2.33. The Morgan fingerprint density at radius 2 is 1.80 bits per heavy atom. The van der Waals surface area contributed by atoms with Gasteiger partial charge in [0.15, 0.2) is 0 Å². The van der Waals surface area contributed by atoms with Gasteiger partial charge in [-0.2, -0.15) is 0 Å². The van der Waals surface area contributed by atoms with Crippen LogP contribution < -0.4 is 5.32 Å². The predicted molar refractivity (Wildman–Crippen MR) is 83.6 cm³/mol. The zero-order valence-electron chi connectivity index (χ0n) is 12.8. The number of aryl methyl sites for hydroxylation is 1. The van der Waals surface area contributed by atoms with Crippen LogP contribution in [0.25, 0.3) is 5.69 Å². The van der Waals surface area contributed by atoms with E-state index >= 15 is 0 Å². The molecule has 2 aromatic rings. The highest BCUT2D eigenvalue weighted by Crippen LogP contribution is 2.27. The van der Waals surface area contributed by atoms with Gasteiger partial charge in [-0.1, -0.05) is 32.9 Å². The maximum atomic E-state index is 4.59. The fraction of sp³-hybridized carbons (Fsp3) is 0.471. The van der Waals surface area contributed by atoms with E-state index in [0.29, 0.717) is 6.04 Å². The van der Waals surface area contributed by atoms with Crippen LogP contribution in [0.1, 0.15) is 44.9 Å². The molecule has 0 spiro atoms. The third kappa shape index (κ3) is 2.72. The highest BCUT2D eigenvalue weighted by Gasteiger charge is 2.23. The molecule has 0 saturated heterocycles. The number of nitrogens with one attached hydrogen (secondary N) is 1. The molecule has 1 aliphatic rings. The summed E-state index contributed by atoms with van der Waals surface area (Å²) in [7, 11) is 0. The molecular weight excluding hydrogens is 246 g/mol. The van der Waals surface area contributed by atoms with Crippen LogP contribution >= 0.6 is 0 Å². The van der Waals surface area contributed by atoms with Crippen molar-refractivity contribution in [1.82, 2.24) is 9.55 Å². The van der Waals surface area contributed by atoms with Crippen LogP contribution in [-0.4, -0.2) is 15.6 Å². The lowest BCUT2D eigenvalue weighted by atomic mass is 9.87. The van der Waals surface area contributed by atoms with E-state index in [1.165, 1.54) is 24.1 Å². The lowest BCUT2D eigenvalue weighted by Crippen LogP contribution is -2.11. The molecule has 1 N–H and O–H groups in total. The average molecular weight is 269 g/mol. The number of nitrogens with zero attached hydrogens (tertiary/aromatic N) is 2. The molecule has 0 bridgehead atoms. The Hall–Kier alpha value is -1.77. The van der Waals surface area contributed by atoms with Gasteiger partial charge in [0.05, 0.1) is 5.69 Å². The number of benzene rings is 1. The van der Waals surface area contributed by atoms with Gasteiger partial charge < -0.3 is 5.32 Å². The normalized spacial score (nSPS) is 15.4. The zero-order valence-corrected chi connectivity index (χ0v) is 12.8. The first-order chi connectivity index (χ1) is 9.43. The van der Waals surface area contributed by atoms with Crippen molar-refractivity contribution < 1.29 is 0 Å². The second-order valence-corrected chi connectivity index (χ2v) is 6.79. The van der Waals surface area contributed by atoms with Gasteiger partial charge in [0, 0.05) is 17.9 Å². The van der Waals surface area contributed by atoms with Crippen LogP contribution in [0.3, 0.4) is 0 Å². The Morgan fingerprint density at radius 3 is 2.35 bits per heavy atom. The summed E-state index contributed by atoms with van der Waals surface area (Å²) in [6.07, 6.45) is 4.61. The standard InChI is InChI=1S/C17H23N3/c1-12-11-20(16(18-12)19-14-7-8-14)15-9-5-13(6-10-15)17(2,3)4/h5-6,9-11,14H,7-8H2,1-4H3,(H,18,19). The quantitative estimate of drug-likeness (QED) is 0.911. The first-order valence-electron chi connectivity index (χ1n) is 7.37. The fourth-order valence-electron chi connectivity index (χ4n) is 2.33. The van der Waals surface area contributed by atoms with Crippen molar-refractivity contribution >= 4 is 5.95 Å². The van der Waals surface area contributed by atoms with Gasteiger partial charge in [-0.05, 0) is 42.9 Å². The summed E-state index contributed by atoms with van der Waals surface area (Å²) < 4.78 is 2.15. The van der Waals surface area contributed by atoms with E-state index in [9.17, 15) is 0 Å². The van der Waals surface area contributed by atoms with E-state index < -0.39 is 0 Å². The molecule has 1 aliphatic carbocycles. The molecule has 1 aromatic heterocycles. The topological polar surface area (TPSA) is 29.9 Å². The minimum atomic E-state index is 0.193. The summed E-state index contributed by atoms with van der Waals surface area (Å²) >= 11 is 0. The lowest BCUT2D eigenvalue weighted by molar-refractivity contribution is 0.590. The Kier molecular flexibility index (Phi) is 3.08. The molecule has 1 heterocycles. The molecule has 20 heavy (non-hydrogen) atoms. The summed E-state index contributed by atoms with van der Waals surface area (Å²) in [5.41, 5.74) is 3.77. The minimum absolute atomic E-state index is 0.193. The van der Waals surface area contributed by atoms with Crippen molar-refractivity contribution in [2.45, 2.75) is 52.0 Å². The predicted octanol–water partition coefficient (Wildman–Crippen LogP) is 4.05. The number of aromatic nitrogens is 2. The average Bonchev–Trinajstić information content (AvgIpc) is 3.11. The van der Waals surface area contributed by atoms with Gasteiger partial charge >= 0.3 is 0 Å². The molecule has 0 unspecified atom stereocenters. The maximum Gasteiger partial charge on any atom is 0.207 e. The van der Waals surface area contributed by atoms with E-state index in [2.05, 4.69) is 66.1 Å². The number of rotatable bonds is 3. The van der Waals surface area contributed by atoms with Gasteiger partial charge in [0.2, 0.25) is 5.95 Å². The Balaban J connectivity index is 1.92. The molecule has 0 aliphatic heterocycles. The number of hydrogen-bond acceptors (Lipinski definition) is 2. The van der Waals surface area contributed by atoms with E-state index in [1.807, 2.05) is 6.92 Å². The van der Waals surface area contributed by atoms with Crippen LogP contribution in [0, 0.1) is 6.92 Å². The molecule has 0 atom stereocenters. The number of anilines is 1. The van der Waals surface area contributed by atoms with Crippen molar-refractivity contribution in [2.24, 2.45) is 0 Å². The Labute approximate surface area is 121 Å². The van der Waals surface area contributed by atoms with Crippen LogP contribution in [0.15, 0.2) is 30.5 Å². The molecule has 0 radical (unpaired) electrons. The van der Waals surface area contributed by atoms with Crippen LogP contribution in [0.5, 0.6) is 0 Å². The van der Waals surface area contributed by atoms with Crippen molar-refractivity contribution in [3.8, 4) is 5.69 Å². The van der Waals surface area contributed by atoms with Crippen LogP contribution in [0.4, 0.5) is 5.95 Å². The van der Waals surface area contributed by atoms with E-state index in [-0.39, 0.29) is 5.41 Å². The number of imidazole rings is 1. The van der Waals surface area contributed by atoms with Gasteiger partial charge in [-0.3, -0.25) is 4.57 Å². The maximum absolute atomic E-state index is 4.59. The largest absolute Gasteiger partial charge is 0.353 e. The molecule has 1 fully saturated rings. The van der Waals surface area contributed by atoms with Crippen molar-refractivity contribution in [1.29, 1.82) is 0 Å². The minimum Gasteiger partial charge on any atom is -0.353 e. The Bertz CT molecular complexity index is 598. The van der Waals surface area contributed by atoms with Crippen molar-refractivity contribution in [3.63, 3.8) is 0 Å². The lowest BCUT2D eigenvalue weighted by Gasteiger charge is -2.19. The number of hydrogen-bond donors (Lipinski definition) is 1. The van der Waals surface area contributed by atoms with Crippen LogP contribution in [0.2, 0.25) is 0 Å². The van der Waals surface area contributed by atoms with E-state index in [0.717, 1.165) is 11.6 Å². The van der Waals surface area contributed by atoms with Gasteiger partial charge in [0.25, 0.3) is 0 Å². The molecule has 3 rings (SSSR count). The van der Waals surface area contributed by atoms with Gasteiger partial charge in [0.1, 0.15) is 0 Å². The molecule has 3 nitrogen and oxygen atoms in total. The highest BCUT2D eigenvalue weighted by molar-refractivity contribution is 5.45. The summed E-state index contributed by atoms with van der Waals surface area (Å²) in [6, 6.07) is 9.40. The molecule has 3 heteroatoms. The molecule has 0 amide bonds. The van der Waals surface area contributed by atoms with Crippen molar-refractivity contribution in [3.05, 3.63) is 41.7 Å². The van der Waals surface area contributed by atoms with Gasteiger partial charge in [-0.25, -0.2) is 4.98 Å². The second kappa shape index (κ2) is 4.65. The summed E-state index contributed by atoms with van der Waals surface area (Å²) in [4.78, 5) is 4.59. The highest BCUT2D eigenvalue weighted by atomic mass is 15.2.